The lowest BCUT2D eigenvalue weighted by molar-refractivity contribution is -0.161. The molecule has 322 valence electrons. The maximum atomic E-state index is 12.2. The quantitative estimate of drug-likeness (QED) is 0.0383. The van der Waals surface area contributed by atoms with Crippen LogP contribution in [0.2, 0.25) is 0 Å². The molecular weight excluding hydrogens is 717 g/mol. The Morgan fingerprint density at radius 2 is 0.707 bits per heavy atom. The van der Waals surface area contributed by atoms with Gasteiger partial charge in [-0.1, -0.05) is 179 Å². The van der Waals surface area contributed by atoms with Gasteiger partial charge in [0.1, 0.15) is 6.61 Å². The summed E-state index contributed by atoms with van der Waals surface area (Å²) in [4.78, 5) is 24.3. The Morgan fingerprint density at radius 3 is 1.09 bits per heavy atom. The van der Waals surface area contributed by atoms with Crippen molar-refractivity contribution in [2.45, 2.75) is 161 Å². The highest BCUT2D eigenvalue weighted by Crippen LogP contribution is 2.10. The van der Waals surface area contributed by atoms with E-state index in [-0.39, 0.29) is 31.6 Å². The van der Waals surface area contributed by atoms with Crippen LogP contribution in [0.1, 0.15) is 155 Å². The molecule has 0 aromatic carbocycles. The summed E-state index contributed by atoms with van der Waals surface area (Å²) < 4.78 is 10.6. The first-order valence-electron chi connectivity index (χ1n) is 22.4. The number of allylic oxidation sites excluding steroid dienone is 24. The zero-order valence-electron chi connectivity index (χ0n) is 36.5. The van der Waals surface area contributed by atoms with Gasteiger partial charge in [0.2, 0.25) is 0 Å². The number of carbonyl (C=O) groups excluding carboxylic acids is 2. The van der Waals surface area contributed by atoms with Crippen molar-refractivity contribution in [1.82, 2.24) is 0 Å². The Kier molecular flexibility index (Phi) is 43.7. The van der Waals surface area contributed by atoms with Crippen LogP contribution in [0.5, 0.6) is 0 Å². The lowest BCUT2D eigenvalue weighted by Gasteiger charge is -2.15. The molecule has 1 N–H and O–H groups in total. The van der Waals surface area contributed by atoms with Gasteiger partial charge in [-0.3, -0.25) is 9.59 Å². The average molecular weight is 797 g/mol. The number of rotatable bonds is 38. The third kappa shape index (κ3) is 44.5. The van der Waals surface area contributed by atoms with Crippen LogP contribution in [0, 0.1) is 0 Å². The number of hydrogen-bond donors (Lipinski definition) is 1. The number of esters is 2. The number of unbranched alkanes of at least 4 members (excludes halogenated alkanes) is 6. The van der Waals surface area contributed by atoms with Crippen molar-refractivity contribution in [2.75, 3.05) is 13.2 Å². The molecule has 0 aliphatic heterocycles. The van der Waals surface area contributed by atoms with E-state index in [2.05, 4.69) is 160 Å². The third-order valence-electron chi connectivity index (χ3n) is 8.63. The Labute approximate surface area is 355 Å². The molecule has 0 radical (unpaired) electrons. The fourth-order valence-corrected chi connectivity index (χ4v) is 5.33. The van der Waals surface area contributed by atoms with Crippen LogP contribution in [0.15, 0.2) is 146 Å². The highest BCUT2D eigenvalue weighted by atomic mass is 16.6. The van der Waals surface area contributed by atoms with Crippen LogP contribution in [0.4, 0.5) is 0 Å². The van der Waals surface area contributed by atoms with E-state index in [1.165, 1.54) is 0 Å². The second-order valence-electron chi connectivity index (χ2n) is 14.0. The van der Waals surface area contributed by atoms with Crippen LogP contribution >= 0.6 is 0 Å². The molecule has 0 aliphatic rings. The van der Waals surface area contributed by atoms with E-state index in [0.717, 1.165) is 122 Å². The number of aliphatic hydroxyl groups is 1. The van der Waals surface area contributed by atoms with Gasteiger partial charge in [0, 0.05) is 12.8 Å². The Hall–Kier alpha value is -4.22. The summed E-state index contributed by atoms with van der Waals surface area (Å²) >= 11 is 0. The summed E-state index contributed by atoms with van der Waals surface area (Å²) in [6.07, 6.45) is 72.1. The van der Waals surface area contributed by atoms with Crippen molar-refractivity contribution in [3.63, 3.8) is 0 Å². The molecule has 0 heterocycles. The first-order valence-corrected chi connectivity index (χ1v) is 22.4. The maximum absolute atomic E-state index is 12.2. The number of carbonyl (C=O) groups is 2. The van der Waals surface area contributed by atoms with Crippen LogP contribution in [0.3, 0.4) is 0 Å². The molecule has 5 nitrogen and oxygen atoms in total. The number of aliphatic hydroxyl groups excluding tert-OH is 1. The Balaban J connectivity index is 3.76. The van der Waals surface area contributed by atoms with Crippen molar-refractivity contribution in [1.29, 1.82) is 0 Å². The minimum Gasteiger partial charge on any atom is -0.462 e. The molecule has 0 rings (SSSR count). The monoisotopic (exact) mass is 797 g/mol. The van der Waals surface area contributed by atoms with Crippen molar-refractivity contribution < 1.29 is 24.2 Å². The summed E-state index contributed by atoms with van der Waals surface area (Å²) in [5, 5.41) is 9.58. The van der Waals surface area contributed by atoms with E-state index >= 15 is 0 Å². The number of ether oxygens (including phenoxy) is 2. The zero-order chi connectivity index (χ0) is 42.1. The second-order valence-corrected chi connectivity index (χ2v) is 14.0. The van der Waals surface area contributed by atoms with Crippen LogP contribution in [0.25, 0.3) is 0 Å². The van der Waals surface area contributed by atoms with E-state index in [0.29, 0.717) is 12.8 Å². The van der Waals surface area contributed by atoms with E-state index in [4.69, 9.17) is 9.47 Å². The molecule has 0 amide bonds. The first-order chi connectivity index (χ1) is 28.6. The van der Waals surface area contributed by atoms with Crippen molar-refractivity contribution in [3.8, 4) is 0 Å². The van der Waals surface area contributed by atoms with Gasteiger partial charge in [-0.15, -0.1) is 0 Å². The average Bonchev–Trinajstić information content (AvgIpc) is 3.23. The lowest BCUT2D eigenvalue weighted by atomic mass is 10.1. The first kappa shape index (κ1) is 53.8. The van der Waals surface area contributed by atoms with E-state index < -0.39 is 6.10 Å². The largest absolute Gasteiger partial charge is 0.462 e. The summed E-state index contributed by atoms with van der Waals surface area (Å²) in [6.45, 7) is 3.82. The minimum atomic E-state index is -0.821. The fraction of sp³-hybridized carbons (Fsp3) is 0.509. The maximum Gasteiger partial charge on any atom is 0.306 e. The fourth-order valence-electron chi connectivity index (χ4n) is 5.33. The molecule has 0 aromatic rings. The minimum absolute atomic E-state index is 0.109. The lowest BCUT2D eigenvalue weighted by Crippen LogP contribution is -2.28. The SMILES string of the molecule is CC/C=C\C/C=C\C/C=C\C/C=C\C/C=C\C/C=C\C/C=C\C/C=C\C/C=C\CCCC(=O)OC(CO)COC(=O)CCCCCCC/C=C\C/C=C\C/C=C\CC. The number of hydrogen-bond acceptors (Lipinski definition) is 5. The van der Waals surface area contributed by atoms with Gasteiger partial charge >= 0.3 is 11.9 Å². The van der Waals surface area contributed by atoms with E-state index in [1.807, 2.05) is 0 Å². The molecule has 0 aliphatic carbocycles. The van der Waals surface area contributed by atoms with Crippen molar-refractivity contribution in [2.24, 2.45) is 0 Å². The normalized spacial score (nSPS) is 13.6. The highest BCUT2D eigenvalue weighted by Gasteiger charge is 2.15. The molecular formula is C53H80O5. The molecule has 0 bridgehead atoms. The van der Waals surface area contributed by atoms with Crippen molar-refractivity contribution in [3.05, 3.63) is 146 Å². The molecule has 0 fully saturated rings. The Morgan fingerprint density at radius 1 is 0.397 bits per heavy atom. The van der Waals surface area contributed by atoms with Crippen LogP contribution < -0.4 is 0 Å². The van der Waals surface area contributed by atoms with Gasteiger partial charge in [-0.25, -0.2) is 0 Å². The summed E-state index contributed by atoms with van der Waals surface area (Å²) in [7, 11) is 0. The van der Waals surface area contributed by atoms with Gasteiger partial charge < -0.3 is 14.6 Å². The zero-order valence-corrected chi connectivity index (χ0v) is 36.5. The summed E-state index contributed by atoms with van der Waals surface area (Å²) in [5.41, 5.74) is 0. The molecule has 0 saturated heterocycles. The van der Waals surface area contributed by atoms with Crippen LogP contribution in [-0.2, 0) is 19.1 Å². The van der Waals surface area contributed by atoms with Crippen molar-refractivity contribution >= 4 is 11.9 Å². The van der Waals surface area contributed by atoms with Crippen LogP contribution in [-0.4, -0.2) is 36.4 Å². The summed E-state index contributed by atoms with van der Waals surface area (Å²) in [6, 6.07) is 0. The standard InChI is InChI=1S/C53H80O5/c1-3-5-7-9-11-13-15-17-19-20-21-22-23-24-25-26-27-28-29-30-31-32-34-36-38-40-42-44-46-48-53(56)58-51(49-54)50-57-52(55)47-45-43-41-39-37-35-33-18-16-14-12-10-8-6-4-2/h5-8,11-14,17-19,21-22,24-25,27-28,30-31,33-34,36,40,42,51,54H,3-4,9-10,15-16,20,23,26,29,32,35,37-39,41,43-50H2,1-2H3/b7-5-,8-6-,13-11-,14-12-,19-17-,22-21-,25-24-,28-27-,31-30-,33-18-,36-34-,42-40-. The van der Waals surface area contributed by atoms with E-state index in [1.54, 1.807) is 0 Å². The van der Waals surface area contributed by atoms with E-state index in [9.17, 15) is 14.7 Å². The second kappa shape index (κ2) is 47.2. The molecule has 1 unspecified atom stereocenters. The third-order valence-corrected chi connectivity index (χ3v) is 8.63. The molecule has 58 heavy (non-hydrogen) atoms. The Bertz CT molecular complexity index is 1310. The van der Waals surface area contributed by atoms with Gasteiger partial charge in [-0.05, 0) is 109 Å². The van der Waals surface area contributed by atoms with Gasteiger partial charge in [0.25, 0.3) is 0 Å². The van der Waals surface area contributed by atoms with Gasteiger partial charge in [0.15, 0.2) is 6.10 Å². The van der Waals surface area contributed by atoms with Gasteiger partial charge in [-0.2, -0.15) is 0 Å². The molecule has 0 saturated carbocycles. The molecule has 5 heteroatoms. The molecule has 0 spiro atoms. The smallest absolute Gasteiger partial charge is 0.306 e. The topological polar surface area (TPSA) is 72.8 Å². The van der Waals surface area contributed by atoms with Gasteiger partial charge in [0.05, 0.1) is 6.61 Å². The predicted molar refractivity (Wildman–Crippen MR) is 251 cm³/mol. The summed E-state index contributed by atoms with van der Waals surface area (Å²) in [5.74, 6) is -0.697. The molecule has 1 atom stereocenters. The highest BCUT2D eigenvalue weighted by molar-refractivity contribution is 5.70. The molecule has 0 aromatic heterocycles. The predicted octanol–water partition coefficient (Wildman–Crippen LogP) is 14.7.